The summed E-state index contributed by atoms with van der Waals surface area (Å²) < 4.78 is 17.2. The molecular weight excluding hydrogens is 386 g/mol. The molecule has 2 aliphatic rings. The molecule has 5 nitrogen and oxygen atoms in total. The number of amides is 1. The fourth-order valence-corrected chi connectivity index (χ4v) is 4.53. The summed E-state index contributed by atoms with van der Waals surface area (Å²) in [5.74, 6) is 2.05. The van der Waals surface area contributed by atoms with E-state index in [4.69, 9.17) is 14.2 Å². The lowest BCUT2D eigenvalue weighted by molar-refractivity contribution is -0.120. The third kappa shape index (κ3) is 3.56. The summed E-state index contributed by atoms with van der Waals surface area (Å²) in [7, 11) is 0. The maximum atomic E-state index is 13.8. The molecule has 2 aromatic carbocycles. The number of nitrogens with zero attached hydrogens (tertiary/aromatic N) is 1. The number of rotatable bonds is 4. The predicted molar refractivity (Wildman–Crippen MR) is 112 cm³/mol. The van der Waals surface area contributed by atoms with E-state index in [0.717, 1.165) is 27.6 Å². The minimum atomic E-state index is -0.229. The number of para-hydroxylation sites is 1. The van der Waals surface area contributed by atoms with Crippen LogP contribution in [0, 0.1) is 0 Å². The largest absolute Gasteiger partial charge is 0.493 e. The van der Waals surface area contributed by atoms with E-state index in [1.54, 1.807) is 11.3 Å². The average molecular weight is 407 g/mol. The lowest BCUT2D eigenvalue weighted by atomic mass is 9.91. The van der Waals surface area contributed by atoms with E-state index in [1.807, 2.05) is 58.8 Å². The molecule has 0 bridgehead atoms. The fourth-order valence-electron chi connectivity index (χ4n) is 3.84. The van der Waals surface area contributed by atoms with Crippen molar-refractivity contribution in [3.8, 4) is 17.2 Å². The van der Waals surface area contributed by atoms with Crippen molar-refractivity contribution in [3.63, 3.8) is 0 Å². The summed E-state index contributed by atoms with van der Waals surface area (Å²) in [4.78, 5) is 16.7. The Hall–Kier alpha value is -2.99. The molecule has 0 saturated heterocycles. The minimum absolute atomic E-state index is 0.0748. The van der Waals surface area contributed by atoms with Crippen molar-refractivity contribution in [3.05, 3.63) is 70.4 Å². The standard InChI is InChI=1S/C23H21NO4S/c25-23(19-9-10-26-20-6-2-1-5-18(19)20)24(15-17-4-3-13-29-17)16-7-8-21-22(14-16)28-12-11-27-21/h1-8,13-14,19H,9-12,15H2. The molecule has 0 fully saturated rings. The molecule has 0 N–H and O–H groups in total. The predicted octanol–water partition coefficient (Wildman–Crippen LogP) is 4.62. The van der Waals surface area contributed by atoms with Crippen molar-refractivity contribution in [2.45, 2.75) is 18.9 Å². The van der Waals surface area contributed by atoms with Crippen LogP contribution in [0.1, 0.15) is 22.8 Å². The summed E-state index contributed by atoms with van der Waals surface area (Å²) in [5.41, 5.74) is 1.77. The molecule has 29 heavy (non-hydrogen) atoms. The molecule has 1 unspecified atom stereocenters. The number of hydrogen-bond acceptors (Lipinski definition) is 5. The van der Waals surface area contributed by atoms with Gasteiger partial charge in [0.15, 0.2) is 11.5 Å². The van der Waals surface area contributed by atoms with Crippen molar-refractivity contribution in [1.82, 2.24) is 0 Å². The number of benzene rings is 2. The summed E-state index contributed by atoms with van der Waals surface area (Å²) in [6.45, 7) is 2.13. The quantitative estimate of drug-likeness (QED) is 0.633. The van der Waals surface area contributed by atoms with E-state index in [1.165, 1.54) is 0 Å². The zero-order chi connectivity index (χ0) is 19.6. The van der Waals surface area contributed by atoms with Crippen LogP contribution in [-0.2, 0) is 11.3 Å². The second-order valence-electron chi connectivity index (χ2n) is 7.06. The van der Waals surface area contributed by atoms with Crippen LogP contribution in [-0.4, -0.2) is 25.7 Å². The average Bonchev–Trinajstić information content (AvgIpc) is 3.30. The maximum absolute atomic E-state index is 13.8. The van der Waals surface area contributed by atoms with E-state index in [0.29, 0.717) is 38.5 Å². The van der Waals surface area contributed by atoms with E-state index >= 15 is 0 Å². The number of anilines is 1. The number of fused-ring (bicyclic) bond motifs is 2. The first-order valence-corrected chi connectivity index (χ1v) is 10.6. The van der Waals surface area contributed by atoms with Crippen LogP contribution < -0.4 is 19.1 Å². The van der Waals surface area contributed by atoms with E-state index in [2.05, 4.69) is 6.07 Å². The van der Waals surface area contributed by atoms with Gasteiger partial charge in [0.1, 0.15) is 19.0 Å². The number of carbonyl (C=O) groups excluding carboxylic acids is 1. The summed E-state index contributed by atoms with van der Waals surface area (Å²) in [6.07, 6.45) is 0.668. The molecule has 1 aromatic heterocycles. The second-order valence-corrected chi connectivity index (χ2v) is 8.09. The first-order valence-electron chi connectivity index (χ1n) is 9.75. The van der Waals surface area contributed by atoms with Crippen LogP contribution in [0.3, 0.4) is 0 Å². The van der Waals surface area contributed by atoms with Gasteiger partial charge in [0.2, 0.25) is 5.91 Å². The molecule has 3 heterocycles. The number of thiophene rings is 1. The zero-order valence-corrected chi connectivity index (χ0v) is 16.7. The SMILES string of the molecule is O=C(C1CCOc2ccccc21)N(Cc1cccs1)c1ccc2c(c1)OCCO2. The third-order valence-corrected chi connectivity index (χ3v) is 6.12. The molecule has 148 valence electrons. The normalized spacial score (nSPS) is 17.2. The molecule has 3 aromatic rings. The van der Waals surface area contributed by atoms with Crippen molar-refractivity contribution < 1.29 is 19.0 Å². The molecule has 1 atom stereocenters. The van der Waals surface area contributed by atoms with Gasteiger partial charge in [-0.1, -0.05) is 24.3 Å². The molecule has 6 heteroatoms. The summed E-state index contributed by atoms with van der Waals surface area (Å²) >= 11 is 1.65. The molecule has 1 amide bonds. The summed E-state index contributed by atoms with van der Waals surface area (Å²) in [6, 6.07) is 17.6. The molecular formula is C23H21NO4S. The number of hydrogen-bond donors (Lipinski definition) is 0. The lowest BCUT2D eigenvalue weighted by Crippen LogP contribution is -2.36. The van der Waals surface area contributed by atoms with Gasteiger partial charge in [0.05, 0.1) is 19.1 Å². The Morgan fingerprint density at radius 2 is 1.76 bits per heavy atom. The van der Waals surface area contributed by atoms with Gasteiger partial charge < -0.3 is 19.1 Å². The van der Waals surface area contributed by atoms with Gasteiger partial charge in [0, 0.05) is 22.2 Å². The highest BCUT2D eigenvalue weighted by Gasteiger charge is 2.32. The molecule has 0 radical (unpaired) electrons. The molecule has 5 rings (SSSR count). The highest BCUT2D eigenvalue weighted by molar-refractivity contribution is 7.09. The van der Waals surface area contributed by atoms with E-state index < -0.39 is 0 Å². The van der Waals surface area contributed by atoms with Crippen molar-refractivity contribution in [2.24, 2.45) is 0 Å². The van der Waals surface area contributed by atoms with Crippen LogP contribution >= 0.6 is 11.3 Å². The summed E-state index contributed by atoms with van der Waals surface area (Å²) in [5, 5.41) is 2.03. The van der Waals surface area contributed by atoms with Gasteiger partial charge in [-0.15, -0.1) is 11.3 Å². The first kappa shape index (κ1) is 18.1. The first-order chi connectivity index (χ1) is 14.3. The number of carbonyl (C=O) groups is 1. The monoisotopic (exact) mass is 407 g/mol. The van der Waals surface area contributed by atoms with Crippen LogP contribution in [0.15, 0.2) is 60.0 Å². The Morgan fingerprint density at radius 3 is 2.62 bits per heavy atom. The van der Waals surface area contributed by atoms with E-state index in [9.17, 15) is 4.79 Å². The van der Waals surface area contributed by atoms with Gasteiger partial charge in [-0.2, -0.15) is 0 Å². The van der Waals surface area contributed by atoms with Gasteiger partial charge in [-0.3, -0.25) is 4.79 Å². The molecule has 0 saturated carbocycles. The zero-order valence-electron chi connectivity index (χ0n) is 15.9. The van der Waals surface area contributed by atoms with E-state index in [-0.39, 0.29) is 11.8 Å². The van der Waals surface area contributed by atoms with Gasteiger partial charge >= 0.3 is 0 Å². The molecule has 0 aliphatic carbocycles. The lowest BCUT2D eigenvalue weighted by Gasteiger charge is -2.31. The Kier molecular flexibility index (Phi) is 4.86. The van der Waals surface area contributed by atoms with Crippen molar-refractivity contribution in [1.29, 1.82) is 0 Å². The Bertz CT molecular complexity index is 1020. The van der Waals surface area contributed by atoms with Crippen molar-refractivity contribution >= 4 is 22.9 Å². The van der Waals surface area contributed by atoms with Crippen LogP contribution in [0.5, 0.6) is 17.2 Å². The van der Waals surface area contributed by atoms with Crippen LogP contribution in [0.4, 0.5) is 5.69 Å². The maximum Gasteiger partial charge on any atom is 0.235 e. The van der Waals surface area contributed by atoms with Crippen LogP contribution in [0.25, 0.3) is 0 Å². The van der Waals surface area contributed by atoms with Crippen LogP contribution in [0.2, 0.25) is 0 Å². The van der Waals surface area contributed by atoms with Crippen molar-refractivity contribution in [2.75, 3.05) is 24.7 Å². The number of ether oxygens (including phenoxy) is 3. The Labute approximate surface area is 173 Å². The minimum Gasteiger partial charge on any atom is -0.493 e. The highest BCUT2D eigenvalue weighted by atomic mass is 32.1. The highest BCUT2D eigenvalue weighted by Crippen LogP contribution is 2.39. The second kappa shape index (κ2) is 7.79. The van der Waals surface area contributed by atoms with Gasteiger partial charge in [-0.25, -0.2) is 0 Å². The Morgan fingerprint density at radius 1 is 0.931 bits per heavy atom. The molecule has 2 aliphatic heterocycles. The van der Waals surface area contributed by atoms with Gasteiger partial charge in [-0.05, 0) is 36.1 Å². The topological polar surface area (TPSA) is 48.0 Å². The third-order valence-electron chi connectivity index (χ3n) is 5.25. The fraction of sp³-hybridized carbons (Fsp3) is 0.261. The smallest absolute Gasteiger partial charge is 0.235 e. The molecule has 0 spiro atoms. The Balaban J connectivity index is 1.52. The van der Waals surface area contributed by atoms with Gasteiger partial charge in [0.25, 0.3) is 0 Å².